The van der Waals surface area contributed by atoms with Crippen LogP contribution < -0.4 is 30.7 Å². The van der Waals surface area contributed by atoms with Crippen LogP contribution in [0.1, 0.15) is 59.6 Å². The van der Waals surface area contributed by atoms with Crippen molar-refractivity contribution in [1.29, 1.82) is 0 Å². The summed E-state index contributed by atoms with van der Waals surface area (Å²) in [6.45, 7) is 15.9. The summed E-state index contributed by atoms with van der Waals surface area (Å²) in [6.07, 6.45) is 3.87. The topological polar surface area (TPSA) is 18.5 Å². The first-order chi connectivity index (χ1) is 20.6. The molecule has 43 heavy (non-hydrogen) atoms. The standard InChI is InChI=1S/C39H48O2P2/c1-25-18-26(2)20-33(19-25)42(32-14-11-10-12-15-32)31(7)36-16-13-17-37(36)43(34-21-27(3)38(40-8)28(4)22-34)35-23-29(5)39(41-9)30(6)24-35/h10-12,14-15,18-24,31,36-37H,13,16-17H2,1-9H3/t31-,36?,37?,42?/m1/s1. The third kappa shape index (κ3) is 6.57. The Morgan fingerprint density at radius 1 is 0.605 bits per heavy atom. The summed E-state index contributed by atoms with van der Waals surface area (Å²) in [7, 11) is 2.47. The monoisotopic (exact) mass is 610 g/mol. The molecule has 0 bridgehead atoms. The van der Waals surface area contributed by atoms with Gasteiger partial charge in [0, 0.05) is 0 Å². The zero-order valence-corrected chi connectivity index (χ0v) is 29.3. The predicted molar refractivity (Wildman–Crippen MR) is 190 cm³/mol. The van der Waals surface area contributed by atoms with E-state index in [0.717, 1.165) is 11.5 Å². The summed E-state index contributed by atoms with van der Waals surface area (Å²) >= 11 is 0. The van der Waals surface area contributed by atoms with Crippen LogP contribution >= 0.6 is 15.8 Å². The van der Waals surface area contributed by atoms with E-state index in [1.54, 1.807) is 14.2 Å². The molecule has 4 aromatic rings. The van der Waals surface area contributed by atoms with Crippen LogP contribution in [0.25, 0.3) is 0 Å². The Morgan fingerprint density at radius 2 is 1.09 bits per heavy atom. The Balaban J connectivity index is 1.65. The Labute approximate surface area is 262 Å². The average Bonchev–Trinajstić information content (AvgIpc) is 3.42. The zero-order valence-electron chi connectivity index (χ0n) is 27.5. The third-order valence-corrected chi connectivity index (χ3v) is 15.1. The molecular weight excluding hydrogens is 562 g/mol. The summed E-state index contributed by atoms with van der Waals surface area (Å²) in [5.41, 5.74) is 8.84. The highest BCUT2D eigenvalue weighted by molar-refractivity contribution is 7.74. The molecule has 3 unspecified atom stereocenters. The van der Waals surface area contributed by atoms with Crippen LogP contribution in [-0.4, -0.2) is 25.5 Å². The van der Waals surface area contributed by atoms with E-state index in [0.29, 0.717) is 17.2 Å². The van der Waals surface area contributed by atoms with Gasteiger partial charge < -0.3 is 9.47 Å². The first-order valence-corrected chi connectivity index (χ1v) is 18.5. The van der Waals surface area contributed by atoms with Crippen molar-refractivity contribution in [2.45, 2.75) is 79.0 Å². The van der Waals surface area contributed by atoms with E-state index in [2.05, 4.69) is 121 Å². The maximum Gasteiger partial charge on any atom is 0.124 e. The summed E-state index contributed by atoms with van der Waals surface area (Å²) in [5.74, 6) is 2.67. The second kappa shape index (κ2) is 13.5. The minimum absolute atomic E-state index is 0.515. The third-order valence-electron chi connectivity index (χ3n) is 9.26. The van der Waals surface area contributed by atoms with Crippen molar-refractivity contribution in [1.82, 2.24) is 0 Å². The summed E-state index contributed by atoms with van der Waals surface area (Å²) < 4.78 is 11.6. The van der Waals surface area contributed by atoms with Gasteiger partial charge in [-0.1, -0.05) is 73.0 Å². The fourth-order valence-corrected chi connectivity index (χ4v) is 14.6. The van der Waals surface area contributed by atoms with Crippen LogP contribution in [0.5, 0.6) is 11.5 Å². The summed E-state index contributed by atoms with van der Waals surface area (Å²) in [5, 5.41) is 5.98. The van der Waals surface area contributed by atoms with Crippen molar-refractivity contribution in [3.63, 3.8) is 0 Å². The largest absolute Gasteiger partial charge is 0.496 e. The van der Waals surface area contributed by atoms with Gasteiger partial charge in [0.15, 0.2) is 0 Å². The Bertz CT molecular complexity index is 1450. The molecule has 0 spiro atoms. The van der Waals surface area contributed by atoms with Crippen LogP contribution in [-0.2, 0) is 0 Å². The summed E-state index contributed by atoms with van der Waals surface area (Å²) in [6, 6.07) is 28.3. The molecule has 0 aromatic heterocycles. The molecule has 0 amide bonds. The van der Waals surface area contributed by atoms with Crippen molar-refractivity contribution in [2.24, 2.45) is 5.92 Å². The Kier molecular flexibility index (Phi) is 10.0. The van der Waals surface area contributed by atoms with E-state index in [9.17, 15) is 0 Å². The SMILES string of the molecule is COc1c(C)cc(P(c2cc(C)c(OC)c(C)c2)C2CCCC2[C@@H](C)P(c2ccccc2)c2cc(C)cc(C)c2)cc1C. The lowest BCUT2D eigenvalue weighted by Crippen LogP contribution is -2.33. The number of benzene rings is 4. The van der Waals surface area contributed by atoms with Gasteiger partial charge in [-0.05, 0) is 155 Å². The van der Waals surface area contributed by atoms with Gasteiger partial charge in [-0.3, -0.25) is 0 Å². The van der Waals surface area contributed by atoms with Gasteiger partial charge in [-0.25, -0.2) is 0 Å². The number of hydrogen-bond acceptors (Lipinski definition) is 2. The lowest BCUT2D eigenvalue weighted by atomic mass is 10.0. The van der Waals surface area contributed by atoms with Crippen molar-refractivity contribution in [3.8, 4) is 11.5 Å². The molecule has 1 aliphatic carbocycles. The molecule has 0 radical (unpaired) electrons. The molecule has 2 nitrogen and oxygen atoms in total. The van der Waals surface area contributed by atoms with Gasteiger partial charge in [0.1, 0.15) is 11.5 Å². The molecule has 0 N–H and O–H groups in total. The molecule has 0 aliphatic heterocycles. The first kappa shape index (κ1) is 31.8. The van der Waals surface area contributed by atoms with E-state index < -0.39 is 15.8 Å². The molecule has 0 saturated heterocycles. The second-order valence-electron chi connectivity index (χ2n) is 12.5. The number of rotatable bonds is 9. The molecular formula is C39H48O2P2. The molecule has 226 valence electrons. The van der Waals surface area contributed by atoms with Gasteiger partial charge in [0.05, 0.1) is 14.2 Å². The van der Waals surface area contributed by atoms with Crippen LogP contribution in [0.4, 0.5) is 0 Å². The van der Waals surface area contributed by atoms with Crippen LogP contribution in [0, 0.1) is 47.5 Å². The lowest BCUT2D eigenvalue weighted by molar-refractivity contribution is 0.408. The zero-order chi connectivity index (χ0) is 30.8. The molecule has 4 aromatic carbocycles. The minimum Gasteiger partial charge on any atom is -0.496 e. The van der Waals surface area contributed by atoms with Gasteiger partial charge in [0.25, 0.3) is 0 Å². The number of ether oxygens (including phenoxy) is 2. The summed E-state index contributed by atoms with van der Waals surface area (Å²) in [4.78, 5) is 0. The smallest absolute Gasteiger partial charge is 0.124 e. The fourth-order valence-electron chi connectivity index (χ4n) is 7.65. The normalized spacial score (nSPS) is 18.1. The van der Waals surface area contributed by atoms with Gasteiger partial charge >= 0.3 is 0 Å². The van der Waals surface area contributed by atoms with E-state index in [1.807, 2.05) is 0 Å². The Hall–Kier alpha value is -2.66. The maximum absolute atomic E-state index is 5.81. The van der Waals surface area contributed by atoms with Crippen molar-refractivity contribution in [3.05, 3.63) is 106 Å². The maximum atomic E-state index is 5.81. The molecule has 1 aliphatic rings. The number of hydrogen-bond donors (Lipinski definition) is 0. The highest BCUT2D eigenvalue weighted by Gasteiger charge is 2.41. The van der Waals surface area contributed by atoms with E-state index in [4.69, 9.17) is 9.47 Å². The number of methoxy groups -OCH3 is 2. The highest BCUT2D eigenvalue weighted by atomic mass is 31.1. The molecule has 1 saturated carbocycles. The van der Waals surface area contributed by atoms with Crippen LogP contribution in [0.15, 0.2) is 72.8 Å². The van der Waals surface area contributed by atoms with Crippen molar-refractivity contribution < 1.29 is 9.47 Å². The van der Waals surface area contributed by atoms with Crippen molar-refractivity contribution in [2.75, 3.05) is 14.2 Å². The van der Waals surface area contributed by atoms with Gasteiger partial charge in [-0.15, -0.1) is 0 Å². The van der Waals surface area contributed by atoms with Crippen molar-refractivity contribution >= 4 is 37.1 Å². The molecule has 4 atom stereocenters. The first-order valence-electron chi connectivity index (χ1n) is 15.6. The quantitative estimate of drug-likeness (QED) is 0.177. The molecule has 0 heterocycles. The molecule has 4 heteroatoms. The van der Waals surface area contributed by atoms with Crippen LogP contribution in [0.3, 0.4) is 0 Å². The lowest BCUT2D eigenvalue weighted by Gasteiger charge is -2.38. The van der Waals surface area contributed by atoms with E-state index in [1.165, 1.54) is 73.9 Å². The minimum atomic E-state index is -0.599. The van der Waals surface area contributed by atoms with Gasteiger partial charge in [-0.2, -0.15) is 0 Å². The van der Waals surface area contributed by atoms with E-state index >= 15 is 0 Å². The number of aryl methyl sites for hydroxylation is 6. The predicted octanol–water partition coefficient (Wildman–Crippen LogP) is 8.68. The second-order valence-corrected chi connectivity index (χ2v) is 17.6. The molecule has 5 rings (SSSR count). The highest BCUT2D eigenvalue weighted by Crippen LogP contribution is 2.57. The fraction of sp³-hybridized carbons (Fsp3) is 0.385. The Morgan fingerprint density at radius 3 is 1.56 bits per heavy atom. The van der Waals surface area contributed by atoms with Crippen LogP contribution in [0.2, 0.25) is 0 Å². The average molecular weight is 611 g/mol. The molecule has 1 fully saturated rings. The van der Waals surface area contributed by atoms with E-state index in [-0.39, 0.29) is 0 Å². The van der Waals surface area contributed by atoms with Gasteiger partial charge in [0.2, 0.25) is 0 Å².